The Kier molecular flexibility index (Phi) is 6.70. The second kappa shape index (κ2) is 8.79. The fraction of sp³-hybridized carbons (Fsp3) is 0.611. The van der Waals surface area contributed by atoms with Gasteiger partial charge in [0.05, 0.1) is 5.70 Å². The van der Waals surface area contributed by atoms with Crippen LogP contribution in [0.2, 0.25) is 0 Å². The fourth-order valence-corrected chi connectivity index (χ4v) is 2.78. The quantitative estimate of drug-likeness (QED) is 0.664. The monoisotopic (exact) mass is 378 g/mol. The Morgan fingerprint density at radius 2 is 2.00 bits per heavy atom. The first-order valence-electron chi connectivity index (χ1n) is 9.16. The van der Waals surface area contributed by atoms with Crippen LogP contribution in [0.5, 0.6) is 0 Å². The number of rotatable bonds is 4. The van der Waals surface area contributed by atoms with Crippen LogP contribution in [0.1, 0.15) is 34.1 Å². The number of alkyl carbamates (subject to hydrolysis) is 1. The molecule has 0 unspecified atom stereocenters. The van der Waals surface area contributed by atoms with E-state index in [1.807, 2.05) is 19.2 Å². The number of hydrogen-bond acceptors (Lipinski definition) is 7. The lowest BCUT2D eigenvalue weighted by atomic mass is 10.2. The SMILES string of the molecule is C/C=C1\N=C(N)C(N2CCN(C(=O)CCNC(=O)OC(C)(C)C)CC2)=CN1. The van der Waals surface area contributed by atoms with Crippen molar-refractivity contribution in [1.29, 1.82) is 0 Å². The average molecular weight is 378 g/mol. The minimum Gasteiger partial charge on any atom is -0.444 e. The molecule has 0 aromatic carbocycles. The summed E-state index contributed by atoms with van der Waals surface area (Å²) in [5.74, 6) is 1.21. The summed E-state index contributed by atoms with van der Waals surface area (Å²) >= 11 is 0. The molecule has 0 spiro atoms. The van der Waals surface area contributed by atoms with Gasteiger partial charge in [-0.05, 0) is 33.8 Å². The largest absolute Gasteiger partial charge is 0.444 e. The van der Waals surface area contributed by atoms with Crippen molar-refractivity contribution in [3.63, 3.8) is 0 Å². The van der Waals surface area contributed by atoms with Crippen LogP contribution in [0.4, 0.5) is 4.79 Å². The maximum absolute atomic E-state index is 12.3. The number of hydrogen-bond donors (Lipinski definition) is 3. The van der Waals surface area contributed by atoms with Gasteiger partial charge in [-0.15, -0.1) is 0 Å². The second-order valence-corrected chi connectivity index (χ2v) is 7.39. The third kappa shape index (κ3) is 6.19. The molecular weight excluding hydrogens is 348 g/mol. The number of carbonyl (C=O) groups excluding carboxylic acids is 2. The van der Waals surface area contributed by atoms with Crippen LogP contribution in [0.3, 0.4) is 0 Å². The lowest BCUT2D eigenvalue weighted by Gasteiger charge is -2.37. The Labute approximate surface area is 160 Å². The highest BCUT2D eigenvalue weighted by Crippen LogP contribution is 2.14. The van der Waals surface area contributed by atoms with Crippen LogP contribution in [0.15, 0.2) is 28.8 Å². The summed E-state index contributed by atoms with van der Waals surface area (Å²) < 4.78 is 5.15. The number of carbonyl (C=O) groups is 2. The number of aliphatic imine (C=N–C) groups is 1. The number of nitrogens with one attached hydrogen (secondary N) is 2. The number of allylic oxidation sites excluding steroid dienone is 1. The molecule has 2 rings (SSSR count). The third-order valence-corrected chi connectivity index (χ3v) is 4.11. The van der Waals surface area contributed by atoms with Crippen LogP contribution in [-0.4, -0.2) is 66.0 Å². The molecule has 2 aliphatic rings. The molecular formula is C18H30N6O3. The smallest absolute Gasteiger partial charge is 0.407 e. The Hall–Kier alpha value is -2.71. The van der Waals surface area contributed by atoms with Crippen LogP contribution in [-0.2, 0) is 9.53 Å². The number of nitrogens with two attached hydrogens (primary N) is 1. The summed E-state index contributed by atoms with van der Waals surface area (Å²) in [6.07, 6.45) is 3.44. The van der Waals surface area contributed by atoms with Crippen LogP contribution in [0.25, 0.3) is 0 Å². The first-order chi connectivity index (χ1) is 12.7. The van der Waals surface area contributed by atoms with Crippen LogP contribution >= 0.6 is 0 Å². The first kappa shape index (κ1) is 20.6. The highest BCUT2D eigenvalue weighted by molar-refractivity contribution is 5.97. The molecule has 0 aromatic heterocycles. The van der Waals surface area contributed by atoms with Gasteiger partial charge >= 0.3 is 6.09 Å². The molecule has 2 aliphatic heterocycles. The van der Waals surface area contributed by atoms with Crippen molar-refractivity contribution < 1.29 is 14.3 Å². The second-order valence-electron chi connectivity index (χ2n) is 7.39. The van der Waals surface area contributed by atoms with Crippen LogP contribution < -0.4 is 16.4 Å². The van der Waals surface area contributed by atoms with Crippen molar-refractivity contribution in [1.82, 2.24) is 20.4 Å². The average Bonchev–Trinajstić information content (AvgIpc) is 2.60. The molecule has 4 N–H and O–H groups in total. The molecule has 0 aliphatic carbocycles. The zero-order valence-corrected chi connectivity index (χ0v) is 16.5. The standard InChI is InChI=1S/C18H30N6O3/c1-5-14-21-12-13(16(19)22-14)23-8-10-24(11-9-23)15(25)6-7-20-17(26)27-18(2,3)4/h5,12,21H,6-11H2,1-4H3,(H2,19,22)(H,20,26)/b14-5-. The Morgan fingerprint density at radius 3 is 2.56 bits per heavy atom. The van der Waals surface area contributed by atoms with Crippen molar-refractivity contribution in [2.24, 2.45) is 10.7 Å². The van der Waals surface area contributed by atoms with Crippen molar-refractivity contribution in [3.05, 3.63) is 23.8 Å². The van der Waals surface area contributed by atoms with E-state index < -0.39 is 11.7 Å². The molecule has 0 saturated carbocycles. The maximum Gasteiger partial charge on any atom is 0.407 e. The topological polar surface area (TPSA) is 112 Å². The molecule has 0 bridgehead atoms. The summed E-state index contributed by atoms with van der Waals surface area (Å²) in [7, 11) is 0. The van der Waals surface area contributed by atoms with E-state index in [4.69, 9.17) is 10.5 Å². The minimum atomic E-state index is -0.550. The van der Waals surface area contributed by atoms with Gasteiger partial charge in [0.2, 0.25) is 5.91 Å². The summed E-state index contributed by atoms with van der Waals surface area (Å²) in [5, 5.41) is 5.70. The van der Waals surface area contributed by atoms with E-state index in [2.05, 4.69) is 20.5 Å². The highest BCUT2D eigenvalue weighted by Gasteiger charge is 2.25. The van der Waals surface area contributed by atoms with Crippen molar-refractivity contribution >= 4 is 17.8 Å². The van der Waals surface area contributed by atoms with Gasteiger partial charge in [-0.25, -0.2) is 9.79 Å². The molecule has 150 valence electrons. The normalized spacial score (nSPS) is 19.2. The van der Waals surface area contributed by atoms with Gasteiger partial charge in [-0.3, -0.25) is 4.79 Å². The van der Waals surface area contributed by atoms with E-state index in [9.17, 15) is 9.59 Å². The molecule has 1 saturated heterocycles. The Bertz CT molecular complexity index is 654. The van der Waals surface area contributed by atoms with Gasteiger partial charge < -0.3 is 30.9 Å². The maximum atomic E-state index is 12.3. The molecule has 2 amide bonds. The number of amides is 2. The molecule has 9 nitrogen and oxygen atoms in total. The van der Waals surface area contributed by atoms with Crippen molar-refractivity contribution in [2.45, 2.75) is 39.7 Å². The molecule has 27 heavy (non-hydrogen) atoms. The Balaban J connectivity index is 1.74. The predicted molar refractivity (Wildman–Crippen MR) is 104 cm³/mol. The van der Waals surface area contributed by atoms with Crippen molar-refractivity contribution in [2.75, 3.05) is 32.7 Å². The number of nitrogens with zero attached hydrogens (tertiary/aromatic N) is 3. The lowest BCUT2D eigenvalue weighted by molar-refractivity contribution is -0.132. The van der Waals surface area contributed by atoms with E-state index in [0.29, 0.717) is 32.0 Å². The molecule has 2 heterocycles. The van der Waals surface area contributed by atoms with E-state index in [1.54, 1.807) is 25.7 Å². The predicted octanol–water partition coefficient (Wildman–Crippen LogP) is 0.709. The molecule has 0 aromatic rings. The zero-order chi connectivity index (χ0) is 20.0. The first-order valence-corrected chi connectivity index (χ1v) is 9.16. The number of ether oxygens (including phenoxy) is 1. The molecule has 9 heteroatoms. The summed E-state index contributed by atoms with van der Waals surface area (Å²) in [4.78, 5) is 32.1. The van der Waals surface area contributed by atoms with Gasteiger partial charge in [0.25, 0.3) is 0 Å². The van der Waals surface area contributed by atoms with Gasteiger partial charge in [0.15, 0.2) is 5.84 Å². The van der Waals surface area contributed by atoms with Gasteiger partial charge in [0.1, 0.15) is 11.4 Å². The summed E-state index contributed by atoms with van der Waals surface area (Å²) in [6.45, 7) is 10.1. The third-order valence-electron chi connectivity index (χ3n) is 4.11. The van der Waals surface area contributed by atoms with Gasteiger partial charge in [-0.2, -0.15) is 0 Å². The Morgan fingerprint density at radius 1 is 1.33 bits per heavy atom. The fourth-order valence-electron chi connectivity index (χ4n) is 2.78. The summed E-state index contributed by atoms with van der Waals surface area (Å²) in [5.41, 5.74) is 6.33. The number of amidine groups is 1. The van der Waals surface area contributed by atoms with Gasteiger partial charge in [-0.1, -0.05) is 0 Å². The van der Waals surface area contributed by atoms with Crippen molar-refractivity contribution in [3.8, 4) is 0 Å². The highest BCUT2D eigenvalue weighted by atomic mass is 16.6. The minimum absolute atomic E-state index is 0.0132. The van der Waals surface area contributed by atoms with Crippen LogP contribution in [0, 0.1) is 0 Å². The lowest BCUT2D eigenvalue weighted by Crippen LogP contribution is -2.50. The number of piperazine rings is 1. The van der Waals surface area contributed by atoms with E-state index in [1.165, 1.54) is 0 Å². The zero-order valence-electron chi connectivity index (χ0n) is 16.5. The molecule has 0 radical (unpaired) electrons. The summed E-state index contributed by atoms with van der Waals surface area (Å²) in [6, 6.07) is 0. The molecule has 1 fully saturated rings. The van der Waals surface area contributed by atoms with E-state index in [-0.39, 0.29) is 18.9 Å². The molecule has 0 atom stereocenters. The van der Waals surface area contributed by atoms with E-state index in [0.717, 1.165) is 11.5 Å². The van der Waals surface area contributed by atoms with Gasteiger partial charge in [0, 0.05) is 45.3 Å². The van der Waals surface area contributed by atoms with E-state index >= 15 is 0 Å².